The summed E-state index contributed by atoms with van der Waals surface area (Å²) in [5, 5.41) is -0.0838. The summed E-state index contributed by atoms with van der Waals surface area (Å²) in [6, 6.07) is 17.3. The number of nitrogens with zero attached hydrogens (tertiary/aromatic N) is 1. The molecule has 2 unspecified atom stereocenters. The lowest BCUT2D eigenvalue weighted by atomic mass is 10.1. The molecule has 154 valence electrons. The van der Waals surface area contributed by atoms with E-state index in [2.05, 4.69) is 26.0 Å². The van der Waals surface area contributed by atoms with Crippen LogP contribution in [0.15, 0.2) is 54.6 Å². The number of carbonyl (C=O) groups is 2. The van der Waals surface area contributed by atoms with Crippen LogP contribution in [0.5, 0.6) is 0 Å². The summed E-state index contributed by atoms with van der Waals surface area (Å²) in [7, 11) is 0. The average Bonchev–Trinajstić information content (AvgIpc) is 3.17. The van der Waals surface area contributed by atoms with E-state index in [1.54, 1.807) is 16.7 Å². The molecule has 2 aromatic rings. The fourth-order valence-corrected chi connectivity index (χ4v) is 4.85. The maximum Gasteiger partial charge on any atom is 0.329 e. The third-order valence-corrected chi connectivity index (χ3v) is 6.49. The fraction of sp³-hybridized carbons (Fsp3) is 0.417. The number of carbonyl (C=O) groups excluding carboxylic acids is 2. The van der Waals surface area contributed by atoms with Crippen LogP contribution in [0.3, 0.4) is 0 Å². The number of ether oxygens (including phenoxy) is 1. The summed E-state index contributed by atoms with van der Waals surface area (Å²) in [4.78, 5) is 27.9. The van der Waals surface area contributed by atoms with Crippen LogP contribution < -0.4 is 0 Å². The third kappa shape index (κ3) is 5.41. The van der Waals surface area contributed by atoms with E-state index >= 15 is 0 Å². The second-order valence-corrected chi connectivity index (χ2v) is 8.49. The third-order valence-electron chi connectivity index (χ3n) is 5.20. The van der Waals surface area contributed by atoms with Crippen LogP contribution in [-0.2, 0) is 22.4 Å². The summed E-state index contributed by atoms with van der Waals surface area (Å²) in [5.41, 5.74) is 2.96. The first-order valence-electron chi connectivity index (χ1n) is 10.4. The molecule has 1 fully saturated rings. The SMILES string of the molecule is CCCCOC(=O)C1CSC(Cc2ccccc2)N1C(=O)c1ccc(CC)cc1. The first kappa shape index (κ1) is 21.4. The van der Waals surface area contributed by atoms with Gasteiger partial charge in [-0.05, 0) is 36.1 Å². The second kappa shape index (κ2) is 10.5. The highest BCUT2D eigenvalue weighted by Gasteiger charge is 2.42. The molecule has 29 heavy (non-hydrogen) atoms. The van der Waals surface area contributed by atoms with E-state index in [4.69, 9.17) is 4.74 Å². The van der Waals surface area contributed by atoms with Gasteiger partial charge < -0.3 is 9.64 Å². The van der Waals surface area contributed by atoms with Crippen LogP contribution in [0, 0.1) is 0 Å². The maximum atomic E-state index is 13.4. The van der Waals surface area contributed by atoms with Crippen molar-refractivity contribution in [3.63, 3.8) is 0 Å². The Hall–Kier alpha value is -2.27. The molecular weight excluding hydrogens is 382 g/mol. The zero-order valence-corrected chi connectivity index (χ0v) is 18.0. The van der Waals surface area contributed by atoms with Gasteiger partial charge in [0.05, 0.1) is 12.0 Å². The summed E-state index contributed by atoms with van der Waals surface area (Å²) < 4.78 is 5.47. The van der Waals surface area contributed by atoms with Crippen LogP contribution in [0.4, 0.5) is 0 Å². The van der Waals surface area contributed by atoms with Crippen molar-refractivity contribution in [2.75, 3.05) is 12.4 Å². The molecule has 0 bridgehead atoms. The van der Waals surface area contributed by atoms with Crippen LogP contribution in [0.2, 0.25) is 0 Å². The summed E-state index contributed by atoms with van der Waals surface area (Å²) >= 11 is 1.66. The first-order valence-corrected chi connectivity index (χ1v) is 11.4. The van der Waals surface area contributed by atoms with Crippen molar-refractivity contribution < 1.29 is 14.3 Å². The largest absolute Gasteiger partial charge is 0.464 e. The molecule has 1 aliphatic rings. The monoisotopic (exact) mass is 411 g/mol. The zero-order valence-electron chi connectivity index (χ0n) is 17.2. The zero-order chi connectivity index (χ0) is 20.6. The van der Waals surface area contributed by atoms with Gasteiger partial charge in [0.1, 0.15) is 6.04 Å². The Bertz CT molecular complexity index is 807. The second-order valence-electron chi connectivity index (χ2n) is 7.28. The van der Waals surface area contributed by atoms with E-state index in [1.807, 2.05) is 42.5 Å². The number of hydrogen-bond donors (Lipinski definition) is 0. The molecule has 4 nitrogen and oxygen atoms in total. The van der Waals surface area contributed by atoms with Gasteiger partial charge in [0.25, 0.3) is 5.91 Å². The molecule has 2 aromatic carbocycles. The Morgan fingerprint density at radius 1 is 1.03 bits per heavy atom. The molecule has 0 spiro atoms. The van der Waals surface area contributed by atoms with Crippen LogP contribution in [0.25, 0.3) is 0 Å². The lowest BCUT2D eigenvalue weighted by Gasteiger charge is -2.28. The van der Waals surface area contributed by atoms with Gasteiger partial charge in [-0.1, -0.05) is 62.7 Å². The van der Waals surface area contributed by atoms with Crippen LogP contribution >= 0.6 is 11.8 Å². The van der Waals surface area contributed by atoms with Gasteiger partial charge in [-0.3, -0.25) is 4.79 Å². The minimum Gasteiger partial charge on any atom is -0.464 e. The highest BCUT2D eigenvalue weighted by atomic mass is 32.2. The topological polar surface area (TPSA) is 46.6 Å². The van der Waals surface area contributed by atoms with E-state index in [1.165, 1.54) is 5.56 Å². The van der Waals surface area contributed by atoms with Gasteiger partial charge in [-0.25, -0.2) is 4.79 Å². The van der Waals surface area contributed by atoms with E-state index in [9.17, 15) is 9.59 Å². The standard InChI is InChI=1S/C24H29NO3S/c1-3-5-15-28-24(27)21-17-29-22(16-19-9-7-6-8-10-19)25(21)23(26)20-13-11-18(4-2)12-14-20/h6-14,21-22H,3-5,15-17H2,1-2H3. The van der Waals surface area contributed by atoms with Gasteiger partial charge in [0.15, 0.2) is 0 Å². The minimum absolute atomic E-state index is 0.0838. The predicted molar refractivity (Wildman–Crippen MR) is 118 cm³/mol. The van der Waals surface area contributed by atoms with E-state index in [0.29, 0.717) is 24.3 Å². The molecule has 0 aliphatic carbocycles. The van der Waals surface area contributed by atoms with Crippen LogP contribution in [0.1, 0.15) is 48.2 Å². The number of aryl methyl sites for hydroxylation is 1. The smallest absolute Gasteiger partial charge is 0.329 e. The van der Waals surface area contributed by atoms with Gasteiger partial charge in [-0.15, -0.1) is 11.8 Å². The van der Waals surface area contributed by atoms with E-state index < -0.39 is 6.04 Å². The summed E-state index contributed by atoms with van der Waals surface area (Å²) in [6.45, 7) is 4.56. The molecule has 1 amide bonds. The molecule has 0 radical (unpaired) electrons. The fourth-order valence-electron chi connectivity index (χ4n) is 3.44. The van der Waals surface area contributed by atoms with Crippen molar-refractivity contribution in [2.24, 2.45) is 0 Å². The summed E-state index contributed by atoms with van der Waals surface area (Å²) in [6.07, 6.45) is 3.45. The van der Waals surface area contributed by atoms with Crippen molar-refractivity contribution >= 4 is 23.6 Å². The Kier molecular flexibility index (Phi) is 7.76. The lowest BCUT2D eigenvalue weighted by Crippen LogP contribution is -2.47. The van der Waals surface area contributed by atoms with Gasteiger partial charge in [0, 0.05) is 17.7 Å². The Labute approximate surface area is 177 Å². The highest BCUT2D eigenvalue weighted by Crippen LogP contribution is 2.33. The van der Waals surface area contributed by atoms with Crippen molar-refractivity contribution in [1.82, 2.24) is 4.90 Å². The Balaban J connectivity index is 1.82. The molecule has 0 saturated carbocycles. The molecule has 5 heteroatoms. The molecule has 3 rings (SSSR count). The Morgan fingerprint density at radius 2 is 1.76 bits per heavy atom. The van der Waals surface area contributed by atoms with Crippen LogP contribution in [-0.4, -0.2) is 40.6 Å². The number of rotatable bonds is 8. The Morgan fingerprint density at radius 3 is 2.41 bits per heavy atom. The number of esters is 1. The number of unbranched alkanes of at least 4 members (excludes halogenated alkanes) is 1. The van der Waals surface area contributed by atoms with Crippen molar-refractivity contribution in [1.29, 1.82) is 0 Å². The number of hydrogen-bond acceptors (Lipinski definition) is 4. The molecule has 1 saturated heterocycles. The lowest BCUT2D eigenvalue weighted by molar-refractivity contribution is -0.148. The average molecular weight is 412 g/mol. The molecule has 2 atom stereocenters. The molecular formula is C24H29NO3S. The van der Waals surface area contributed by atoms with Crippen molar-refractivity contribution in [3.05, 3.63) is 71.3 Å². The maximum absolute atomic E-state index is 13.4. The predicted octanol–water partition coefficient (Wildman–Crippen LogP) is 4.72. The number of benzene rings is 2. The van der Waals surface area contributed by atoms with Gasteiger partial charge in [-0.2, -0.15) is 0 Å². The van der Waals surface area contributed by atoms with Crippen molar-refractivity contribution in [3.8, 4) is 0 Å². The number of thioether (sulfide) groups is 1. The number of amides is 1. The normalized spacial score (nSPS) is 18.6. The van der Waals surface area contributed by atoms with Gasteiger partial charge >= 0.3 is 5.97 Å². The van der Waals surface area contributed by atoms with Crippen molar-refractivity contribution in [2.45, 2.75) is 50.9 Å². The summed E-state index contributed by atoms with van der Waals surface area (Å²) in [5.74, 6) is 0.178. The molecule has 0 N–H and O–H groups in total. The molecule has 0 aromatic heterocycles. The van der Waals surface area contributed by atoms with Gasteiger partial charge in [0.2, 0.25) is 0 Å². The minimum atomic E-state index is -0.538. The highest BCUT2D eigenvalue weighted by molar-refractivity contribution is 8.00. The van der Waals surface area contributed by atoms with E-state index in [-0.39, 0.29) is 17.3 Å². The quantitative estimate of drug-likeness (QED) is 0.466. The molecule has 1 heterocycles. The van der Waals surface area contributed by atoms with E-state index in [0.717, 1.165) is 24.8 Å². The first-order chi connectivity index (χ1) is 14.1. The molecule has 1 aliphatic heterocycles.